The van der Waals surface area contributed by atoms with Gasteiger partial charge in [0.1, 0.15) is 6.04 Å². The largest absolute Gasteiger partial charge is 0.354 e. The first-order chi connectivity index (χ1) is 14.3. The topological polar surface area (TPSA) is 49.4 Å². The van der Waals surface area contributed by atoms with E-state index in [0.717, 1.165) is 24.0 Å². The number of carbonyl (C=O) groups is 2. The van der Waals surface area contributed by atoms with Gasteiger partial charge >= 0.3 is 0 Å². The number of nitrogens with zero attached hydrogens (tertiary/aromatic N) is 1. The fraction of sp³-hybridized carbons (Fsp3) is 0.391. The van der Waals surface area contributed by atoms with E-state index in [9.17, 15) is 9.59 Å². The second-order valence-electron chi connectivity index (χ2n) is 7.17. The van der Waals surface area contributed by atoms with Crippen LogP contribution in [0, 0.1) is 0 Å². The fourth-order valence-electron chi connectivity index (χ4n) is 3.04. The molecule has 7 heteroatoms. The highest BCUT2D eigenvalue weighted by Crippen LogP contribution is 2.24. The lowest BCUT2D eigenvalue weighted by molar-refractivity contribution is -0.140. The standard InChI is InChI=1S/C23H27Cl3N2O2/c1-3-4-13-27-23(30)16(2)28(15-18-9-11-19(24)14-21(18)26)22(29)12-10-17-7-5-6-8-20(17)25/h5-9,11,14,16H,3-4,10,12-13,15H2,1-2H3,(H,27,30)/t16-/m0/s1. The highest BCUT2D eigenvalue weighted by Gasteiger charge is 2.26. The first kappa shape index (κ1) is 24.5. The third-order valence-electron chi connectivity index (χ3n) is 4.92. The van der Waals surface area contributed by atoms with Gasteiger partial charge in [0.25, 0.3) is 0 Å². The van der Waals surface area contributed by atoms with Crippen LogP contribution in [-0.2, 0) is 22.6 Å². The van der Waals surface area contributed by atoms with Crippen molar-refractivity contribution in [2.75, 3.05) is 6.54 Å². The molecule has 30 heavy (non-hydrogen) atoms. The summed E-state index contributed by atoms with van der Waals surface area (Å²) in [6.07, 6.45) is 2.60. The Balaban J connectivity index is 2.17. The monoisotopic (exact) mass is 468 g/mol. The highest BCUT2D eigenvalue weighted by molar-refractivity contribution is 6.35. The third kappa shape index (κ3) is 7.19. The summed E-state index contributed by atoms with van der Waals surface area (Å²) in [7, 11) is 0. The molecule has 0 aromatic heterocycles. The Morgan fingerprint density at radius 2 is 1.77 bits per heavy atom. The predicted octanol–water partition coefficient (Wildman–Crippen LogP) is 5.91. The van der Waals surface area contributed by atoms with E-state index in [1.807, 2.05) is 18.2 Å². The van der Waals surface area contributed by atoms with Crippen LogP contribution < -0.4 is 5.32 Å². The van der Waals surface area contributed by atoms with E-state index in [0.29, 0.717) is 28.0 Å². The van der Waals surface area contributed by atoms with Gasteiger partial charge in [0.2, 0.25) is 11.8 Å². The normalized spacial score (nSPS) is 11.8. The first-order valence-corrected chi connectivity index (χ1v) is 11.2. The Labute approximate surface area is 193 Å². The van der Waals surface area contributed by atoms with Crippen LogP contribution in [0.1, 0.15) is 44.2 Å². The number of nitrogens with one attached hydrogen (secondary N) is 1. The molecular formula is C23H27Cl3N2O2. The number of halogens is 3. The number of rotatable bonds is 10. The Bertz CT molecular complexity index is 873. The molecule has 4 nitrogen and oxygen atoms in total. The molecule has 2 aromatic rings. The van der Waals surface area contributed by atoms with Gasteiger partial charge in [0.05, 0.1) is 0 Å². The molecule has 0 bridgehead atoms. The Morgan fingerprint density at radius 1 is 1.03 bits per heavy atom. The van der Waals surface area contributed by atoms with Gasteiger partial charge in [-0.05, 0) is 49.1 Å². The smallest absolute Gasteiger partial charge is 0.242 e. The molecule has 0 unspecified atom stereocenters. The SMILES string of the molecule is CCCCNC(=O)[C@H](C)N(Cc1ccc(Cl)cc1Cl)C(=O)CCc1ccccc1Cl. The van der Waals surface area contributed by atoms with Crippen LogP contribution in [0.15, 0.2) is 42.5 Å². The molecule has 0 aliphatic rings. The van der Waals surface area contributed by atoms with Crippen molar-refractivity contribution in [3.63, 3.8) is 0 Å². The Kier molecular flexibility index (Phi) is 9.96. The van der Waals surface area contributed by atoms with Gasteiger partial charge in [0, 0.05) is 34.6 Å². The maximum atomic E-state index is 13.1. The number of unbranched alkanes of at least 4 members (excludes halogenated alkanes) is 1. The summed E-state index contributed by atoms with van der Waals surface area (Å²) >= 11 is 18.5. The van der Waals surface area contributed by atoms with Crippen LogP contribution in [-0.4, -0.2) is 29.3 Å². The van der Waals surface area contributed by atoms with Gasteiger partial charge in [0.15, 0.2) is 0 Å². The van der Waals surface area contributed by atoms with Gasteiger partial charge in [-0.1, -0.05) is 72.4 Å². The third-order valence-corrected chi connectivity index (χ3v) is 5.87. The van der Waals surface area contributed by atoms with Crippen LogP contribution in [0.5, 0.6) is 0 Å². The summed E-state index contributed by atoms with van der Waals surface area (Å²) in [5.74, 6) is -0.321. The molecule has 0 aliphatic heterocycles. The molecule has 2 rings (SSSR count). The van der Waals surface area contributed by atoms with Crippen LogP contribution in [0.25, 0.3) is 0 Å². The van der Waals surface area contributed by atoms with Gasteiger partial charge < -0.3 is 10.2 Å². The molecule has 0 heterocycles. The number of hydrogen-bond acceptors (Lipinski definition) is 2. The molecule has 1 atom stereocenters. The van der Waals surface area contributed by atoms with E-state index in [1.165, 1.54) is 0 Å². The van der Waals surface area contributed by atoms with Crippen LogP contribution in [0.2, 0.25) is 15.1 Å². The summed E-state index contributed by atoms with van der Waals surface area (Å²) in [5, 5.41) is 4.51. The van der Waals surface area contributed by atoms with E-state index in [2.05, 4.69) is 12.2 Å². The van der Waals surface area contributed by atoms with Crippen molar-refractivity contribution in [3.8, 4) is 0 Å². The second-order valence-corrected chi connectivity index (χ2v) is 8.42. The maximum absolute atomic E-state index is 13.1. The van der Waals surface area contributed by atoms with Crippen molar-refractivity contribution in [2.45, 2.75) is 52.1 Å². The molecule has 0 fully saturated rings. The average Bonchev–Trinajstić information content (AvgIpc) is 2.72. The minimum absolute atomic E-state index is 0.140. The Morgan fingerprint density at radius 3 is 2.43 bits per heavy atom. The van der Waals surface area contributed by atoms with Crippen molar-refractivity contribution in [2.24, 2.45) is 0 Å². The van der Waals surface area contributed by atoms with Gasteiger partial charge in [-0.15, -0.1) is 0 Å². The average molecular weight is 470 g/mol. The summed E-state index contributed by atoms with van der Waals surface area (Å²) in [5.41, 5.74) is 1.64. The molecule has 162 valence electrons. The molecule has 2 aromatic carbocycles. The molecule has 1 N–H and O–H groups in total. The number of aryl methyl sites for hydroxylation is 1. The highest BCUT2D eigenvalue weighted by atomic mass is 35.5. The molecular weight excluding hydrogens is 443 g/mol. The van der Waals surface area contributed by atoms with Crippen LogP contribution in [0.4, 0.5) is 0 Å². The van der Waals surface area contributed by atoms with E-state index < -0.39 is 6.04 Å². The van der Waals surface area contributed by atoms with Crippen molar-refractivity contribution >= 4 is 46.6 Å². The van der Waals surface area contributed by atoms with Crippen molar-refractivity contribution in [1.82, 2.24) is 10.2 Å². The minimum Gasteiger partial charge on any atom is -0.354 e. The molecule has 0 spiro atoms. The summed E-state index contributed by atoms with van der Waals surface area (Å²) in [6, 6.07) is 11.9. The Hall–Kier alpha value is -1.75. The molecule has 0 saturated carbocycles. The zero-order valence-corrected chi connectivity index (χ0v) is 19.5. The maximum Gasteiger partial charge on any atom is 0.242 e. The number of hydrogen-bond donors (Lipinski definition) is 1. The van der Waals surface area contributed by atoms with E-state index in [4.69, 9.17) is 34.8 Å². The number of benzene rings is 2. The zero-order valence-electron chi connectivity index (χ0n) is 17.3. The first-order valence-electron chi connectivity index (χ1n) is 10.1. The van der Waals surface area contributed by atoms with Crippen molar-refractivity contribution in [3.05, 3.63) is 68.7 Å². The fourth-order valence-corrected chi connectivity index (χ4v) is 3.74. The minimum atomic E-state index is -0.632. The predicted molar refractivity (Wildman–Crippen MR) is 124 cm³/mol. The lowest BCUT2D eigenvalue weighted by Crippen LogP contribution is -2.47. The van der Waals surface area contributed by atoms with Gasteiger partial charge in [-0.3, -0.25) is 9.59 Å². The van der Waals surface area contributed by atoms with Gasteiger partial charge in [-0.25, -0.2) is 0 Å². The van der Waals surface area contributed by atoms with E-state index >= 15 is 0 Å². The molecule has 0 aliphatic carbocycles. The molecule has 0 radical (unpaired) electrons. The van der Waals surface area contributed by atoms with Crippen molar-refractivity contribution < 1.29 is 9.59 Å². The van der Waals surface area contributed by atoms with Crippen molar-refractivity contribution in [1.29, 1.82) is 0 Å². The summed E-state index contributed by atoms with van der Waals surface area (Å²) < 4.78 is 0. The lowest BCUT2D eigenvalue weighted by Gasteiger charge is -2.29. The molecule has 0 saturated heterocycles. The second kappa shape index (κ2) is 12.2. The number of carbonyl (C=O) groups excluding carboxylic acids is 2. The van der Waals surface area contributed by atoms with E-state index in [1.54, 1.807) is 36.1 Å². The quantitative estimate of drug-likeness (QED) is 0.440. The van der Waals surface area contributed by atoms with Crippen LogP contribution in [0.3, 0.4) is 0 Å². The number of amides is 2. The zero-order chi connectivity index (χ0) is 22.1. The molecule has 2 amide bonds. The van der Waals surface area contributed by atoms with Crippen LogP contribution >= 0.6 is 34.8 Å². The van der Waals surface area contributed by atoms with E-state index in [-0.39, 0.29) is 24.8 Å². The summed E-state index contributed by atoms with van der Waals surface area (Å²) in [6.45, 7) is 4.60. The summed E-state index contributed by atoms with van der Waals surface area (Å²) in [4.78, 5) is 27.3. The van der Waals surface area contributed by atoms with Gasteiger partial charge in [-0.2, -0.15) is 0 Å². The lowest BCUT2D eigenvalue weighted by atomic mass is 10.1.